The van der Waals surface area contributed by atoms with Crippen LogP contribution in [0.15, 0.2) is 36.7 Å². The van der Waals surface area contributed by atoms with Gasteiger partial charge in [0.05, 0.1) is 6.54 Å². The molecular formula is C17H21N3O2. The quantitative estimate of drug-likeness (QED) is 0.868. The van der Waals surface area contributed by atoms with Gasteiger partial charge >= 0.3 is 0 Å². The molecule has 2 aromatic rings. The van der Waals surface area contributed by atoms with E-state index in [4.69, 9.17) is 9.47 Å². The molecule has 1 fully saturated rings. The Morgan fingerprint density at radius 3 is 2.95 bits per heavy atom. The summed E-state index contributed by atoms with van der Waals surface area (Å²) in [7, 11) is 0. The van der Waals surface area contributed by atoms with Gasteiger partial charge in [-0.3, -0.25) is 9.58 Å². The second-order valence-electron chi connectivity index (χ2n) is 5.97. The molecule has 0 amide bonds. The molecule has 1 aromatic heterocycles. The number of likely N-dealkylation sites (tertiary alicyclic amines) is 1. The van der Waals surface area contributed by atoms with Gasteiger partial charge in [-0.2, -0.15) is 5.10 Å². The highest BCUT2D eigenvalue weighted by Gasteiger charge is 2.25. The lowest BCUT2D eigenvalue weighted by Gasteiger charge is -2.25. The Morgan fingerprint density at radius 1 is 1.18 bits per heavy atom. The van der Waals surface area contributed by atoms with Gasteiger partial charge in [-0.15, -0.1) is 0 Å². The summed E-state index contributed by atoms with van der Waals surface area (Å²) in [6, 6.07) is 8.85. The van der Waals surface area contributed by atoms with Crippen LogP contribution in [0.4, 0.5) is 0 Å². The van der Waals surface area contributed by atoms with Gasteiger partial charge in [0.15, 0.2) is 11.5 Å². The van der Waals surface area contributed by atoms with Crippen LogP contribution in [0.1, 0.15) is 18.4 Å². The summed E-state index contributed by atoms with van der Waals surface area (Å²) in [5.41, 5.74) is 1.29. The van der Waals surface area contributed by atoms with E-state index in [1.807, 2.05) is 29.2 Å². The molecule has 1 atom stereocenters. The second-order valence-corrected chi connectivity index (χ2v) is 5.97. The summed E-state index contributed by atoms with van der Waals surface area (Å²) < 4.78 is 13.3. The standard InChI is InChI=1S/C17H21N3O2/c1-3-15(13-20-8-2-6-18-20)19(7-1)12-14-4-5-16-17(11-14)22-10-9-21-16/h2,4-6,8,11,15H,1,3,7,9-10,12-13H2/t15-/m1/s1. The van der Waals surface area contributed by atoms with E-state index in [0.29, 0.717) is 19.3 Å². The van der Waals surface area contributed by atoms with Crippen LogP contribution in [0.5, 0.6) is 11.5 Å². The maximum atomic E-state index is 5.68. The fraction of sp³-hybridized carbons (Fsp3) is 0.471. The van der Waals surface area contributed by atoms with Crippen molar-refractivity contribution >= 4 is 0 Å². The zero-order valence-corrected chi connectivity index (χ0v) is 12.6. The third-order valence-electron chi connectivity index (χ3n) is 4.45. The molecule has 1 aromatic carbocycles. The van der Waals surface area contributed by atoms with Crippen molar-refractivity contribution in [2.24, 2.45) is 0 Å². The van der Waals surface area contributed by atoms with Gasteiger partial charge in [0, 0.05) is 25.0 Å². The normalized spacial score (nSPS) is 21.2. The lowest BCUT2D eigenvalue weighted by Crippen LogP contribution is -2.32. The topological polar surface area (TPSA) is 39.5 Å². The van der Waals surface area contributed by atoms with E-state index in [1.54, 1.807) is 0 Å². The zero-order chi connectivity index (χ0) is 14.8. The van der Waals surface area contributed by atoms with E-state index < -0.39 is 0 Å². The Bertz CT molecular complexity index is 627. The monoisotopic (exact) mass is 299 g/mol. The largest absolute Gasteiger partial charge is 0.486 e. The van der Waals surface area contributed by atoms with Gasteiger partial charge in [-0.05, 0) is 43.1 Å². The van der Waals surface area contributed by atoms with E-state index in [-0.39, 0.29) is 0 Å². The molecule has 0 unspecified atom stereocenters. The predicted molar refractivity (Wildman–Crippen MR) is 83.1 cm³/mol. The Hall–Kier alpha value is -2.01. The van der Waals surface area contributed by atoms with Crippen molar-refractivity contribution < 1.29 is 9.47 Å². The molecule has 0 bridgehead atoms. The number of hydrogen-bond acceptors (Lipinski definition) is 4. The molecule has 0 aliphatic carbocycles. The molecule has 5 heteroatoms. The minimum atomic E-state index is 0.563. The average Bonchev–Trinajstić information content (AvgIpc) is 3.20. The molecule has 0 N–H and O–H groups in total. The Labute approximate surface area is 130 Å². The summed E-state index contributed by atoms with van der Waals surface area (Å²) in [5.74, 6) is 1.75. The first kappa shape index (κ1) is 13.6. The first-order valence-electron chi connectivity index (χ1n) is 7.98. The van der Waals surface area contributed by atoms with E-state index in [9.17, 15) is 0 Å². The van der Waals surface area contributed by atoms with Crippen LogP contribution in [0, 0.1) is 0 Å². The summed E-state index contributed by atoms with van der Waals surface area (Å²) in [6.07, 6.45) is 6.39. The SMILES string of the molecule is c1cnn(C[C@H]2CCCN2Cc2ccc3c(c2)OCCO3)c1. The summed E-state index contributed by atoms with van der Waals surface area (Å²) in [4.78, 5) is 2.55. The van der Waals surface area contributed by atoms with E-state index >= 15 is 0 Å². The highest BCUT2D eigenvalue weighted by Crippen LogP contribution is 2.32. The number of nitrogens with zero attached hydrogens (tertiary/aromatic N) is 3. The Balaban J connectivity index is 1.45. The second kappa shape index (κ2) is 6.01. The van der Waals surface area contributed by atoms with Crippen LogP contribution in [0.25, 0.3) is 0 Å². The van der Waals surface area contributed by atoms with Gasteiger partial charge in [0.1, 0.15) is 13.2 Å². The summed E-state index contributed by atoms with van der Waals surface area (Å²) in [5, 5.41) is 4.33. The van der Waals surface area contributed by atoms with Crippen molar-refractivity contribution in [2.45, 2.75) is 32.0 Å². The van der Waals surface area contributed by atoms with Crippen molar-refractivity contribution in [1.82, 2.24) is 14.7 Å². The molecular weight excluding hydrogens is 278 g/mol. The Morgan fingerprint density at radius 2 is 2.09 bits per heavy atom. The molecule has 0 spiro atoms. The highest BCUT2D eigenvalue weighted by atomic mass is 16.6. The van der Waals surface area contributed by atoms with E-state index in [1.165, 1.54) is 18.4 Å². The molecule has 2 aliphatic rings. The summed E-state index contributed by atoms with van der Waals surface area (Å²) >= 11 is 0. The van der Waals surface area contributed by atoms with Crippen molar-refractivity contribution in [3.63, 3.8) is 0 Å². The number of benzene rings is 1. The highest BCUT2D eigenvalue weighted by molar-refractivity contribution is 5.43. The lowest BCUT2D eigenvalue weighted by molar-refractivity contribution is 0.170. The third kappa shape index (κ3) is 2.81. The fourth-order valence-corrected chi connectivity index (χ4v) is 3.36. The van der Waals surface area contributed by atoms with Crippen LogP contribution >= 0.6 is 0 Å². The molecule has 22 heavy (non-hydrogen) atoms. The van der Waals surface area contributed by atoms with Gasteiger partial charge in [-0.1, -0.05) is 6.07 Å². The molecule has 4 rings (SSSR count). The lowest BCUT2D eigenvalue weighted by atomic mass is 10.1. The molecule has 1 saturated heterocycles. The first-order valence-corrected chi connectivity index (χ1v) is 7.98. The average molecular weight is 299 g/mol. The van der Waals surface area contributed by atoms with Crippen molar-refractivity contribution in [2.75, 3.05) is 19.8 Å². The van der Waals surface area contributed by atoms with Crippen LogP contribution in [0.2, 0.25) is 0 Å². The van der Waals surface area contributed by atoms with Crippen LogP contribution in [0.3, 0.4) is 0 Å². The van der Waals surface area contributed by atoms with Crippen molar-refractivity contribution in [1.29, 1.82) is 0 Å². The molecule has 116 valence electrons. The van der Waals surface area contributed by atoms with Crippen LogP contribution in [-0.4, -0.2) is 40.5 Å². The number of fused-ring (bicyclic) bond motifs is 1. The van der Waals surface area contributed by atoms with Gasteiger partial charge < -0.3 is 9.47 Å². The number of rotatable bonds is 4. The maximum absolute atomic E-state index is 5.68. The van der Waals surface area contributed by atoms with E-state index in [0.717, 1.165) is 31.1 Å². The van der Waals surface area contributed by atoms with E-state index in [2.05, 4.69) is 22.1 Å². The number of ether oxygens (including phenoxy) is 2. The van der Waals surface area contributed by atoms with Crippen LogP contribution in [-0.2, 0) is 13.1 Å². The predicted octanol–water partition coefficient (Wildman–Crippen LogP) is 2.32. The molecule has 2 aliphatic heterocycles. The van der Waals surface area contributed by atoms with Gasteiger partial charge in [0.25, 0.3) is 0 Å². The smallest absolute Gasteiger partial charge is 0.161 e. The Kier molecular flexibility index (Phi) is 3.72. The fourth-order valence-electron chi connectivity index (χ4n) is 3.36. The van der Waals surface area contributed by atoms with Gasteiger partial charge in [0.2, 0.25) is 0 Å². The minimum absolute atomic E-state index is 0.563. The molecule has 0 radical (unpaired) electrons. The maximum Gasteiger partial charge on any atom is 0.161 e. The third-order valence-corrected chi connectivity index (χ3v) is 4.45. The van der Waals surface area contributed by atoms with Gasteiger partial charge in [-0.25, -0.2) is 0 Å². The van der Waals surface area contributed by atoms with Crippen LogP contribution < -0.4 is 9.47 Å². The minimum Gasteiger partial charge on any atom is -0.486 e. The molecule has 0 saturated carbocycles. The zero-order valence-electron chi connectivity index (χ0n) is 12.6. The summed E-state index contributed by atoms with van der Waals surface area (Å²) in [6.45, 7) is 4.37. The number of hydrogen-bond donors (Lipinski definition) is 0. The molecule has 5 nitrogen and oxygen atoms in total. The van der Waals surface area contributed by atoms with Crippen molar-refractivity contribution in [3.05, 3.63) is 42.2 Å². The molecule has 3 heterocycles. The van der Waals surface area contributed by atoms with Crippen molar-refractivity contribution in [3.8, 4) is 11.5 Å². The number of aromatic nitrogens is 2. The first-order chi connectivity index (χ1) is 10.9.